The fourth-order valence-electron chi connectivity index (χ4n) is 4.22. The zero-order chi connectivity index (χ0) is 14.1. The Hall–Kier alpha value is -0.220. The molecule has 4 heteroatoms. The fourth-order valence-corrected chi connectivity index (χ4v) is 5.13. The maximum Gasteiger partial charge on any atom is 0.223 e. The van der Waals surface area contributed by atoms with Crippen molar-refractivity contribution in [3.8, 4) is 0 Å². The molecule has 1 spiro atoms. The molecule has 1 heterocycles. The summed E-state index contributed by atoms with van der Waals surface area (Å²) in [6.45, 7) is 3.08. The van der Waals surface area contributed by atoms with Gasteiger partial charge in [0.2, 0.25) is 5.91 Å². The summed E-state index contributed by atoms with van der Waals surface area (Å²) >= 11 is 1.97. The smallest absolute Gasteiger partial charge is 0.223 e. The van der Waals surface area contributed by atoms with Gasteiger partial charge >= 0.3 is 0 Å². The minimum atomic E-state index is 0.312. The molecule has 3 fully saturated rings. The molecule has 0 aromatic carbocycles. The molecule has 20 heavy (non-hydrogen) atoms. The highest BCUT2D eigenvalue weighted by atomic mass is 32.2. The molecule has 3 nitrogen and oxygen atoms in total. The van der Waals surface area contributed by atoms with Crippen molar-refractivity contribution in [3.05, 3.63) is 0 Å². The molecular formula is C16H28N2OS. The number of rotatable bonds is 4. The van der Waals surface area contributed by atoms with Gasteiger partial charge in [0.1, 0.15) is 0 Å². The monoisotopic (exact) mass is 296 g/mol. The van der Waals surface area contributed by atoms with Crippen LogP contribution in [0.5, 0.6) is 0 Å². The predicted octanol–water partition coefficient (Wildman–Crippen LogP) is 2.56. The van der Waals surface area contributed by atoms with E-state index in [-0.39, 0.29) is 0 Å². The van der Waals surface area contributed by atoms with Gasteiger partial charge in [-0.3, -0.25) is 4.79 Å². The molecule has 2 aliphatic carbocycles. The Kier molecular flexibility index (Phi) is 4.32. The Bertz CT molecular complexity index is 359. The van der Waals surface area contributed by atoms with Crippen LogP contribution in [0, 0.1) is 11.3 Å². The van der Waals surface area contributed by atoms with Crippen molar-refractivity contribution in [2.75, 3.05) is 25.9 Å². The molecule has 1 unspecified atom stereocenters. The molecule has 1 aliphatic heterocycles. The van der Waals surface area contributed by atoms with Crippen LogP contribution in [0.25, 0.3) is 0 Å². The number of nitrogens with one attached hydrogen (secondary N) is 2. The Labute approximate surface area is 127 Å². The van der Waals surface area contributed by atoms with Crippen molar-refractivity contribution in [1.82, 2.24) is 10.6 Å². The minimum Gasteiger partial charge on any atom is -0.354 e. The first-order valence-corrected chi connectivity index (χ1v) is 9.46. The Morgan fingerprint density at radius 2 is 1.90 bits per heavy atom. The van der Waals surface area contributed by atoms with Gasteiger partial charge < -0.3 is 10.6 Å². The Morgan fingerprint density at radius 3 is 2.55 bits per heavy atom. The normalized spacial score (nSPS) is 30.9. The second-order valence-corrected chi connectivity index (χ2v) is 8.31. The second kappa shape index (κ2) is 5.88. The zero-order valence-electron chi connectivity index (χ0n) is 12.7. The third kappa shape index (κ3) is 2.87. The summed E-state index contributed by atoms with van der Waals surface area (Å²) in [5.74, 6) is 0.651. The van der Waals surface area contributed by atoms with E-state index in [2.05, 4.69) is 16.9 Å². The number of carbonyl (C=O) groups excluding carboxylic acids is 1. The standard InChI is InChI=1S/C16H28N2OS/c1-20-16(5-3-2-4-6-16)12-18-14(19)13-11-15(13)7-9-17-10-8-15/h13,17H,2-12H2,1H3,(H,18,19). The van der Waals surface area contributed by atoms with Gasteiger partial charge in [-0.15, -0.1) is 0 Å². The van der Waals surface area contributed by atoms with Gasteiger partial charge in [0.05, 0.1) is 0 Å². The van der Waals surface area contributed by atoms with Crippen molar-refractivity contribution in [2.24, 2.45) is 11.3 Å². The largest absolute Gasteiger partial charge is 0.354 e. The quantitative estimate of drug-likeness (QED) is 0.838. The van der Waals surface area contributed by atoms with Crippen molar-refractivity contribution in [3.63, 3.8) is 0 Å². The fraction of sp³-hybridized carbons (Fsp3) is 0.938. The first-order valence-electron chi connectivity index (χ1n) is 8.23. The molecule has 1 saturated heterocycles. The second-order valence-electron chi connectivity index (χ2n) is 7.03. The highest BCUT2D eigenvalue weighted by Crippen LogP contribution is 2.58. The van der Waals surface area contributed by atoms with E-state index >= 15 is 0 Å². The Morgan fingerprint density at radius 1 is 1.20 bits per heavy atom. The van der Waals surface area contributed by atoms with Crippen molar-refractivity contribution < 1.29 is 4.79 Å². The molecule has 0 aromatic rings. The van der Waals surface area contributed by atoms with Crippen LogP contribution in [0.2, 0.25) is 0 Å². The van der Waals surface area contributed by atoms with Crippen molar-refractivity contribution in [2.45, 2.75) is 56.1 Å². The number of hydrogen-bond acceptors (Lipinski definition) is 3. The summed E-state index contributed by atoms with van der Waals surface area (Å²) < 4.78 is 0.323. The van der Waals surface area contributed by atoms with E-state index in [1.807, 2.05) is 11.8 Å². The third-order valence-corrected chi connectivity index (χ3v) is 7.31. The molecule has 2 saturated carbocycles. The van der Waals surface area contributed by atoms with Crippen LogP contribution in [0.15, 0.2) is 0 Å². The highest BCUT2D eigenvalue weighted by Gasteiger charge is 2.57. The number of carbonyl (C=O) groups is 1. The first-order chi connectivity index (χ1) is 9.70. The summed E-state index contributed by atoms with van der Waals surface area (Å²) in [5.41, 5.74) is 0.369. The van der Waals surface area contributed by atoms with Gasteiger partial charge in [0.15, 0.2) is 0 Å². The van der Waals surface area contributed by atoms with E-state index in [0.29, 0.717) is 22.0 Å². The zero-order valence-corrected chi connectivity index (χ0v) is 13.5. The molecule has 0 radical (unpaired) electrons. The summed E-state index contributed by atoms with van der Waals surface area (Å²) in [5, 5.41) is 6.70. The van der Waals surface area contributed by atoms with E-state index in [4.69, 9.17) is 0 Å². The lowest BCUT2D eigenvalue weighted by Crippen LogP contribution is -2.43. The Balaban J connectivity index is 1.50. The lowest BCUT2D eigenvalue weighted by Gasteiger charge is -2.36. The minimum absolute atomic E-state index is 0.312. The summed E-state index contributed by atoms with van der Waals surface area (Å²) in [6, 6.07) is 0. The van der Waals surface area contributed by atoms with E-state index in [0.717, 1.165) is 26.1 Å². The lowest BCUT2D eigenvalue weighted by molar-refractivity contribution is -0.123. The number of thioether (sulfide) groups is 1. The molecular weight excluding hydrogens is 268 g/mol. The summed E-state index contributed by atoms with van der Waals surface area (Å²) in [4.78, 5) is 12.4. The van der Waals surface area contributed by atoms with Gasteiger partial charge in [-0.2, -0.15) is 11.8 Å². The molecule has 114 valence electrons. The van der Waals surface area contributed by atoms with Crippen molar-refractivity contribution >= 4 is 17.7 Å². The van der Waals surface area contributed by atoms with Crippen LogP contribution in [0.4, 0.5) is 0 Å². The topological polar surface area (TPSA) is 41.1 Å². The molecule has 1 atom stereocenters. The van der Waals surface area contributed by atoms with E-state index in [1.165, 1.54) is 44.9 Å². The SMILES string of the molecule is CSC1(CNC(=O)C2CC23CCNCC3)CCCCC1. The number of piperidine rings is 1. The molecule has 0 aromatic heterocycles. The first kappa shape index (κ1) is 14.7. The van der Waals surface area contributed by atoms with Crippen LogP contribution in [-0.2, 0) is 4.79 Å². The summed E-state index contributed by atoms with van der Waals surface area (Å²) in [6.07, 6.45) is 12.3. The molecule has 2 N–H and O–H groups in total. The van der Waals surface area contributed by atoms with E-state index in [1.54, 1.807) is 0 Å². The average molecular weight is 296 g/mol. The highest BCUT2D eigenvalue weighted by molar-refractivity contribution is 8.00. The molecule has 1 amide bonds. The van der Waals surface area contributed by atoms with E-state index < -0.39 is 0 Å². The summed E-state index contributed by atoms with van der Waals surface area (Å²) in [7, 11) is 0. The van der Waals surface area contributed by atoms with Crippen LogP contribution in [0.1, 0.15) is 51.4 Å². The van der Waals surface area contributed by atoms with Crippen LogP contribution in [0.3, 0.4) is 0 Å². The van der Waals surface area contributed by atoms with Gasteiger partial charge in [-0.05, 0) is 56.9 Å². The maximum absolute atomic E-state index is 12.4. The van der Waals surface area contributed by atoms with Crippen LogP contribution >= 0.6 is 11.8 Å². The number of amides is 1. The van der Waals surface area contributed by atoms with Gasteiger partial charge in [-0.25, -0.2) is 0 Å². The van der Waals surface area contributed by atoms with Crippen LogP contribution in [-0.4, -0.2) is 36.5 Å². The third-order valence-electron chi connectivity index (χ3n) is 5.89. The maximum atomic E-state index is 12.4. The van der Waals surface area contributed by atoms with Gasteiger partial charge in [0, 0.05) is 17.2 Å². The average Bonchev–Trinajstić information content (AvgIpc) is 3.20. The van der Waals surface area contributed by atoms with Gasteiger partial charge in [-0.1, -0.05) is 19.3 Å². The molecule has 3 aliphatic rings. The van der Waals surface area contributed by atoms with E-state index in [9.17, 15) is 4.79 Å². The lowest BCUT2D eigenvalue weighted by atomic mass is 9.88. The molecule has 0 bridgehead atoms. The number of hydrogen-bond donors (Lipinski definition) is 2. The van der Waals surface area contributed by atoms with Gasteiger partial charge in [0.25, 0.3) is 0 Å². The molecule has 3 rings (SSSR count). The predicted molar refractivity (Wildman–Crippen MR) is 85.0 cm³/mol. The van der Waals surface area contributed by atoms with Crippen molar-refractivity contribution in [1.29, 1.82) is 0 Å². The van der Waals surface area contributed by atoms with Crippen LogP contribution < -0.4 is 10.6 Å².